The van der Waals surface area contributed by atoms with Crippen LogP contribution in [0, 0.1) is 0 Å². The fourth-order valence-corrected chi connectivity index (χ4v) is 2.62. The molecule has 0 bridgehead atoms. The van der Waals surface area contributed by atoms with Crippen molar-refractivity contribution in [3.8, 4) is 11.5 Å². The molecule has 3 rings (SSSR count). The maximum atomic E-state index is 5.65. The van der Waals surface area contributed by atoms with E-state index in [0.717, 1.165) is 23.7 Å². The Morgan fingerprint density at radius 1 is 1.14 bits per heavy atom. The lowest BCUT2D eigenvalue weighted by Crippen LogP contribution is -2.24. The molecular weight excluding hydrogens is 266 g/mol. The van der Waals surface area contributed by atoms with Gasteiger partial charge < -0.3 is 19.2 Å². The number of rotatable bonds is 5. The summed E-state index contributed by atoms with van der Waals surface area (Å²) in [5, 5.41) is 3.60. The zero-order valence-electron chi connectivity index (χ0n) is 12.5. The van der Waals surface area contributed by atoms with Crippen molar-refractivity contribution in [1.82, 2.24) is 5.32 Å². The Bertz CT molecular complexity index is 580. The van der Waals surface area contributed by atoms with Crippen LogP contribution in [0.25, 0.3) is 0 Å². The number of benzene rings is 1. The Balaban J connectivity index is 1.74. The molecule has 1 aromatic heterocycles. The van der Waals surface area contributed by atoms with Crippen molar-refractivity contribution in [3.63, 3.8) is 0 Å². The molecule has 1 aliphatic rings. The first kappa shape index (κ1) is 14.0. The van der Waals surface area contributed by atoms with E-state index in [-0.39, 0.29) is 12.1 Å². The summed E-state index contributed by atoms with van der Waals surface area (Å²) in [4.78, 5) is 0. The molecule has 1 aromatic carbocycles. The van der Waals surface area contributed by atoms with Crippen molar-refractivity contribution >= 4 is 0 Å². The molecule has 0 radical (unpaired) electrons. The maximum absolute atomic E-state index is 5.65. The average Bonchev–Trinajstić information content (AvgIpc) is 3.06. The Labute approximate surface area is 125 Å². The number of hydrogen-bond donors (Lipinski definition) is 1. The zero-order valence-corrected chi connectivity index (χ0v) is 12.5. The topological polar surface area (TPSA) is 43.6 Å². The van der Waals surface area contributed by atoms with Crippen LogP contribution in [0.3, 0.4) is 0 Å². The van der Waals surface area contributed by atoms with Crippen LogP contribution in [0.2, 0.25) is 0 Å². The van der Waals surface area contributed by atoms with Crippen LogP contribution in [0.5, 0.6) is 11.5 Å². The lowest BCUT2D eigenvalue weighted by Gasteiger charge is -2.23. The van der Waals surface area contributed by atoms with Crippen LogP contribution in [0.4, 0.5) is 0 Å². The van der Waals surface area contributed by atoms with Crippen LogP contribution in [-0.4, -0.2) is 13.2 Å². The van der Waals surface area contributed by atoms with E-state index < -0.39 is 0 Å². The maximum Gasteiger partial charge on any atom is 0.161 e. The van der Waals surface area contributed by atoms with Crippen molar-refractivity contribution in [3.05, 3.63) is 47.9 Å². The lowest BCUT2D eigenvalue weighted by molar-refractivity contribution is 0.171. The molecule has 2 unspecified atom stereocenters. The van der Waals surface area contributed by atoms with Gasteiger partial charge in [-0.3, -0.25) is 0 Å². The van der Waals surface area contributed by atoms with Gasteiger partial charge in [0.15, 0.2) is 11.5 Å². The van der Waals surface area contributed by atoms with Crippen molar-refractivity contribution < 1.29 is 13.9 Å². The quantitative estimate of drug-likeness (QED) is 0.907. The first-order valence-electron chi connectivity index (χ1n) is 7.47. The van der Waals surface area contributed by atoms with Crippen molar-refractivity contribution in [2.24, 2.45) is 0 Å². The molecule has 0 aliphatic carbocycles. The summed E-state index contributed by atoms with van der Waals surface area (Å²) in [6.07, 6.45) is 2.69. The standard InChI is InChI=1S/C17H21NO3/c1-3-14(15-5-4-8-19-15)18-12(2)13-6-7-16-17(11-13)21-10-9-20-16/h4-8,11-12,14,18H,3,9-10H2,1-2H3. The largest absolute Gasteiger partial charge is 0.486 e. The van der Waals surface area contributed by atoms with E-state index >= 15 is 0 Å². The minimum absolute atomic E-state index is 0.205. The second kappa shape index (κ2) is 6.22. The highest BCUT2D eigenvalue weighted by molar-refractivity contribution is 5.44. The summed E-state index contributed by atoms with van der Waals surface area (Å²) in [5.41, 5.74) is 1.18. The van der Waals surface area contributed by atoms with E-state index in [2.05, 4.69) is 31.3 Å². The Hall–Kier alpha value is -1.94. The molecule has 0 saturated carbocycles. The smallest absolute Gasteiger partial charge is 0.161 e. The highest BCUT2D eigenvalue weighted by atomic mass is 16.6. The van der Waals surface area contributed by atoms with Gasteiger partial charge in [-0.1, -0.05) is 13.0 Å². The minimum atomic E-state index is 0.205. The molecule has 2 aromatic rings. The van der Waals surface area contributed by atoms with Gasteiger partial charge in [-0.15, -0.1) is 0 Å². The highest BCUT2D eigenvalue weighted by Gasteiger charge is 2.18. The van der Waals surface area contributed by atoms with Crippen molar-refractivity contribution in [2.45, 2.75) is 32.4 Å². The van der Waals surface area contributed by atoms with Crippen molar-refractivity contribution in [1.29, 1.82) is 0 Å². The van der Waals surface area contributed by atoms with Gasteiger partial charge in [0.2, 0.25) is 0 Å². The first-order valence-corrected chi connectivity index (χ1v) is 7.47. The molecule has 4 heteroatoms. The van der Waals surface area contributed by atoms with Gasteiger partial charge >= 0.3 is 0 Å². The molecular formula is C17H21NO3. The molecule has 4 nitrogen and oxygen atoms in total. The van der Waals surface area contributed by atoms with Gasteiger partial charge in [0.1, 0.15) is 19.0 Å². The highest BCUT2D eigenvalue weighted by Crippen LogP contribution is 2.33. The Morgan fingerprint density at radius 2 is 1.95 bits per heavy atom. The van der Waals surface area contributed by atoms with Crippen LogP contribution in [0.15, 0.2) is 41.0 Å². The van der Waals surface area contributed by atoms with Gasteiger partial charge in [0, 0.05) is 6.04 Å². The molecule has 0 spiro atoms. The molecule has 1 N–H and O–H groups in total. The molecule has 1 aliphatic heterocycles. The van der Waals surface area contributed by atoms with E-state index in [0.29, 0.717) is 13.2 Å². The summed E-state index contributed by atoms with van der Waals surface area (Å²) in [6.45, 7) is 5.53. The van der Waals surface area contributed by atoms with Gasteiger partial charge in [-0.05, 0) is 43.2 Å². The van der Waals surface area contributed by atoms with Crippen LogP contribution < -0.4 is 14.8 Å². The number of hydrogen-bond acceptors (Lipinski definition) is 4. The summed E-state index contributed by atoms with van der Waals surface area (Å²) in [7, 11) is 0. The summed E-state index contributed by atoms with van der Waals surface area (Å²) in [5.74, 6) is 2.63. The van der Waals surface area contributed by atoms with Gasteiger partial charge in [-0.25, -0.2) is 0 Å². The second-order valence-corrected chi connectivity index (χ2v) is 5.27. The fourth-order valence-electron chi connectivity index (χ4n) is 2.62. The molecule has 0 amide bonds. The third-order valence-electron chi connectivity index (χ3n) is 3.81. The van der Waals surface area contributed by atoms with Gasteiger partial charge in [-0.2, -0.15) is 0 Å². The van der Waals surface area contributed by atoms with E-state index in [1.807, 2.05) is 18.2 Å². The van der Waals surface area contributed by atoms with Gasteiger partial charge in [0.05, 0.1) is 12.3 Å². The predicted octanol–water partition coefficient (Wildman–Crippen LogP) is 3.85. The minimum Gasteiger partial charge on any atom is -0.486 e. The molecule has 112 valence electrons. The normalized spacial score (nSPS) is 16.5. The van der Waals surface area contributed by atoms with Crippen LogP contribution >= 0.6 is 0 Å². The molecule has 0 fully saturated rings. The van der Waals surface area contributed by atoms with E-state index in [1.54, 1.807) is 6.26 Å². The zero-order chi connectivity index (χ0) is 14.7. The van der Waals surface area contributed by atoms with Crippen LogP contribution in [-0.2, 0) is 0 Å². The molecule has 0 saturated heterocycles. The Kier molecular flexibility index (Phi) is 4.15. The third-order valence-corrected chi connectivity index (χ3v) is 3.81. The fraction of sp³-hybridized carbons (Fsp3) is 0.412. The predicted molar refractivity (Wildman–Crippen MR) is 80.7 cm³/mol. The summed E-state index contributed by atoms with van der Waals surface area (Å²) < 4.78 is 16.7. The van der Waals surface area contributed by atoms with Crippen molar-refractivity contribution in [2.75, 3.05) is 13.2 Å². The van der Waals surface area contributed by atoms with Crippen LogP contribution in [0.1, 0.15) is 43.7 Å². The number of fused-ring (bicyclic) bond motifs is 1. The number of ether oxygens (including phenoxy) is 2. The lowest BCUT2D eigenvalue weighted by atomic mass is 10.0. The second-order valence-electron chi connectivity index (χ2n) is 5.27. The van der Waals surface area contributed by atoms with Gasteiger partial charge in [0.25, 0.3) is 0 Å². The molecule has 21 heavy (non-hydrogen) atoms. The first-order chi connectivity index (χ1) is 10.3. The van der Waals surface area contributed by atoms with E-state index in [4.69, 9.17) is 13.9 Å². The monoisotopic (exact) mass is 287 g/mol. The average molecular weight is 287 g/mol. The SMILES string of the molecule is CCC(NC(C)c1ccc2c(c1)OCCO2)c1ccco1. The number of nitrogens with one attached hydrogen (secondary N) is 1. The van der Waals surface area contributed by atoms with E-state index in [1.165, 1.54) is 5.56 Å². The number of furan rings is 1. The Morgan fingerprint density at radius 3 is 2.67 bits per heavy atom. The summed E-state index contributed by atoms with van der Waals surface area (Å²) >= 11 is 0. The summed E-state index contributed by atoms with van der Waals surface area (Å²) in [6, 6.07) is 10.5. The molecule has 2 atom stereocenters. The third kappa shape index (κ3) is 3.05. The molecule has 2 heterocycles. The van der Waals surface area contributed by atoms with E-state index in [9.17, 15) is 0 Å².